The van der Waals surface area contributed by atoms with Crippen molar-refractivity contribution >= 4 is 30.2 Å². The van der Waals surface area contributed by atoms with Gasteiger partial charge in [0.2, 0.25) is 11.8 Å². The van der Waals surface area contributed by atoms with E-state index in [-0.39, 0.29) is 42.2 Å². The molecule has 4 unspecified atom stereocenters. The number of carboxylic acids is 1. The van der Waals surface area contributed by atoms with E-state index in [0.717, 1.165) is 12.8 Å². The number of hydrogen-bond acceptors (Lipinski definition) is 4. The number of amides is 2. The number of aliphatic carboxylic acids is 1. The standard InChI is InChI=1S/C16H29N3O4.ClH/c1-5-6-13(10(2)17-11(3)20)8-19-9-14(18-12(4)21)7-15(19)16(22)23;/h10,13-15H,5-9H2,1-4H3,(H,17,20)(H,18,21)(H,22,23);1H. The molecule has 0 spiro atoms. The molecule has 1 rings (SSSR count). The van der Waals surface area contributed by atoms with Crippen molar-refractivity contribution in [3.63, 3.8) is 0 Å². The van der Waals surface area contributed by atoms with E-state index >= 15 is 0 Å². The fourth-order valence-electron chi connectivity index (χ4n) is 3.36. The van der Waals surface area contributed by atoms with E-state index in [0.29, 0.717) is 19.5 Å². The summed E-state index contributed by atoms with van der Waals surface area (Å²) in [5.41, 5.74) is 0. The van der Waals surface area contributed by atoms with Crippen molar-refractivity contribution in [2.75, 3.05) is 13.1 Å². The molecule has 2 amide bonds. The molecule has 0 bridgehead atoms. The molecule has 0 radical (unpaired) electrons. The number of nitrogens with one attached hydrogen (secondary N) is 2. The van der Waals surface area contributed by atoms with Crippen molar-refractivity contribution < 1.29 is 19.5 Å². The molecule has 1 aliphatic rings. The van der Waals surface area contributed by atoms with Crippen LogP contribution in [0.15, 0.2) is 0 Å². The lowest BCUT2D eigenvalue weighted by Crippen LogP contribution is -2.46. The Morgan fingerprint density at radius 3 is 2.33 bits per heavy atom. The highest BCUT2D eigenvalue weighted by molar-refractivity contribution is 5.85. The quantitative estimate of drug-likeness (QED) is 0.598. The van der Waals surface area contributed by atoms with Gasteiger partial charge in [-0.2, -0.15) is 0 Å². The minimum atomic E-state index is -0.861. The predicted molar refractivity (Wildman–Crippen MR) is 94.1 cm³/mol. The Hall–Kier alpha value is -1.34. The summed E-state index contributed by atoms with van der Waals surface area (Å²) >= 11 is 0. The molecule has 0 aromatic heterocycles. The van der Waals surface area contributed by atoms with E-state index in [9.17, 15) is 19.5 Å². The van der Waals surface area contributed by atoms with Crippen molar-refractivity contribution in [3.05, 3.63) is 0 Å². The number of carbonyl (C=O) groups excluding carboxylic acids is 2. The second-order valence-corrected chi connectivity index (χ2v) is 6.48. The van der Waals surface area contributed by atoms with Gasteiger partial charge in [-0.1, -0.05) is 13.3 Å². The van der Waals surface area contributed by atoms with Crippen molar-refractivity contribution in [3.8, 4) is 0 Å². The molecule has 0 aromatic carbocycles. The Bertz CT molecular complexity index is 447. The summed E-state index contributed by atoms with van der Waals surface area (Å²) in [6.07, 6.45) is 2.30. The summed E-state index contributed by atoms with van der Waals surface area (Å²) < 4.78 is 0. The largest absolute Gasteiger partial charge is 0.480 e. The summed E-state index contributed by atoms with van der Waals surface area (Å²) in [4.78, 5) is 35.9. The van der Waals surface area contributed by atoms with Crippen molar-refractivity contribution in [1.29, 1.82) is 0 Å². The number of likely N-dealkylation sites (tertiary alicyclic amines) is 1. The zero-order chi connectivity index (χ0) is 17.6. The zero-order valence-corrected chi connectivity index (χ0v) is 15.7. The third-order valence-corrected chi connectivity index (χ3v) is 4.36. The van der Waals surface area contributed by atoms with Gasteiger partial charge in [0.1, 0.15) is 6.04 Å². The van der Waals surface area contributed by atoms with Crippen molar-refractivity contribution in [2.24, 2.45) is 5.92 Å². The van der Waals surface area contributed by atoms with E-state index in [1.165, 1.54) is 13.8 Å². The highest BCUT2D eigenvalue weighted by Gasteiger charge is 2.38. The van der Waals surface area contributed by atoms with Crippen LogP contribution in [-0.4, -0.2) is 59.0 Å². The van der Waals surface area contributed by atoms with Crippen LogP contribution < -0.4 is 10.6 Å². The van der Waals surface area contributed by atoms with Gasteiger partial charge < -0.3 is 15.7 Å². The first-order valence-corrected chi connectivity index (χ1v) is 8.25. The number of rotatable bonds is 8. The van der Waals surface area contributed by atoms with E-state index in [1.54, 1.807) is 0 Å². The molecule has 0 saturated carbocycles. The monoisotopic (exact) mass is 363 g/mol. The van der Waals surface area contributed by atoms with E-state index in [1.807, 2.05) is 11.8 Å². The van der Waals surface area contributed by atoms with Gasteiger partial charge >= 0.3 is 5.97 Å². The third-order valence-electron chi connectivity index (χ3n) is 4.36. The molecule has 140 valence electrons. The van der Waals surface area contributed by atoms with Gasteiger partial charge in [0, 0.05) is 39.0 Å². The van der Waals surface area contributed by atoms with E-state index in [4.69, 9.17) is 0 Å². The first-order chi connectivity index (χ1) is 10.7. The molecule has 0 aromatic rings. The Morgan fingerprint density at radius 1 is 1.25 bits per heavy atom. The molecule has 3 N–H and O–H groups in total. The highest BCUT2D eigenvalue weighted by Crippen LogP contribution is 2.23. The minimum absolute atomic E-state index is 0. The number of carboxylic acid groups (broad SMARTS) is 1. The molecule has 1 heterocycles. The van der Waals surface area contributed by atoms with Crippen molar-refractivity contribution in [1.82, 2.24) is 15.5 Å². The first kappa shape index (κ1) is 22.7. The van der Waals surface area contributed by atoms with Crippen LogP contribution >= 0.6 is 12.4 Å². The van der Waals surface area contributed by atoms with Crippen LogP contribution in [0.4, 0.5) is 0 Å². The van der Waals surface area contributed by atoms with E-state index < -0.39 is 12.0 Å². The lowest BCUT2D eigenvalue weighted by molar-refractivity contribution is -0.142. The number of nitrogens with zero attached hydrogens (tertiary/aromatic N) is 1. The zero-order valence-electron chi connectivity index (χ0n) is 14.9. The van der Waals surface area contributed by atoms with Crippen LogP contribution in [0.2, 0.25) is 0 Å². The third kappa shape index (κ3) is 7.05. The average Bonchev–Trinajstić information content (AvgIpc) is 2.79. The minimum Gasteiger partial charge on any atom is -0.480 e. The molecular weight excluding hydrogens is 334 g/mol. The maximum absolute atomic E-state index is 11.5. The molecule has 8 heteroatoms. The predicted octanol–water partition coefficient (Wildman–Crippen LogP) is 1.01. The maximum Gasteiger partial charge on any atom is 0.321 e. The maximum atomic E-state index is 11.5. The normalized spacial score (nSPS) is 23.0. The highest BCUT2D eigenvalue weighted by atomic mass is 35.5. The van der Waals surface area contributed by atoms with Gasteiger partial charge in [0.15, 0.2) is 0 Å². The first-order valence-electron chi connectivity index (χ1n) is 8.25. The fourth-order valence-corrected chi connectivity index (χ4v) is 3.36. The van der Waals surface area contributed by atoms with Crippen LogP contribution in [0.1, 0.15) is 47.0 Å². The van der Waals surface area contributed by atoms with Crippen LogP contribution in [0, 0.1) is 5.92 Å². The molecule has 0 aliphatic carbocycles. The van der Waals surface area contributed by atoms with E-state index in [2.05, 4.69) is 17.6 Å². The summed E-state index contributed by atoms with van der Waals surface area (Å²) in [6.45, 7) is 8.09. The van der Waals surface area contributed by atoms with Gasteiger partial charge in [0.25, 0.3) is 0 Å². The van der Waals surface area contributed by atoms with Crippen LogP contribution in [0.5, 0.6) is 0 Å². The summed E-state index contributed by atoms with van der Waals surface area (Å²) in [5, 5.41) is 15.2. The smallest absolute Gasteiger partial charge is 0.321 e. The molecule has 4 atom stereocenters. The topological polar surface area (TPSA) is 98.7 Å². The lowest BCUT2D eigenvalue weighted by Gasteiger charge is -2.30. The molecular formula is C16H30ClN3O4. The van der Waals surface area contributed by atoms with Crippen molar-refractivity contribution in [2.45, 2.75) is 65.1 Å². The van der Waals surface area contributed by atoms with Crippen LogP contribution in [0.25, 0.3) is 0 Å². The Kier molecular flexibility index (Phi) is 9.92. The molecule has 1 aliphatic heterocycles. The summed E-state index contributed by atoms with van der Waals surface area (Å²) in [6, 6.07) is -0.732. The number of hydrogen-bond donors (Lipinski definition) is 3. The fraction of sp³-hybridized carbons (Fsp3) is 0.812. The van der Waals surface area contributed by atoms with Gasteiger partial charge in [-0.05, 0) is 25.7 Å². The molecule has 7 nitrogen and oxygen atoms in total. The number of halogens is 1. The van der Waals surface area contributed by atoms with Gasteiger partial charge in [-0.3, -0.25) is 19.3 Å². The van der Waals surface area contributed by atoms with Gasteiger partial charge in [0.05, 0.1) is 0 Å². The summed E-state index contributed by atoms with van der Waals surface area (Å²) in [5.74, 6) is -0.897. The summed E-state index contributed by atoms with van der Waals surface area (Å²) in [7, 11) is 0. The van der Waals surface area contributed by atoms with Crippen LogP contribution in [0.3, 0.4) is 0 Å². The molecule has 1 fully saturated rings. The average molecular weight is 364 g/mol. The Balaban J connectivity index is 0.00000529. The van der Waals surface area contributed by atoms with Gasteiger partial charge in [-0.15, -0.1) is 12.4 Å². The second-order valence-electron chi connectivity index (χ2n) is 6.48. The molecule has 24 heavy (non-hydrogen) atoms. The Morgan fingerprint density at radius 2 is 1.88 bits per heavy atom. The Labute approximate surface area is 149 Å². The van der Waals surface area contributed by atoms with Crippen LogP contribution in [-0.2, 0) is 14.4 Å². The number of carbonyl (C=O) groups is 3. The lowest BCUT2D eigenvalue weighted by atomic mass is 9.95. The molecule has 1 saturated heterocycles. The van der Waals surface area contributed by atoms with Gasteiger partial charge in [-0.25, -0.2) is 0 Å². The second kappa shape index (κ2) is 10.5. The SMILES string of the molecule is CCCC(CN1CC(NC(C)=O)CC1C(=O)O)C(C)NC(C)=O.Cl.